The Bertz CT molecular complexity index is 706. The van der Waals surface area contributed by atoms with E-state index in [-0.39, 0.29) is 29.3 Å². The van der Waals surface area contributed by atoms with Gasteiger partial charge in [0.1, 0.15) is 11.6 Å². The Morgan fingerprint density at radius 2 is 2.26 bits per heavy atom. The molecule has 1 fully saturated rings. The van der Waals surface area contributed by atoms with Crippen LogP contribution in [0.3, 0.4) is 0 Å². The largest absolute Gasteiger partial charge is 0.381 e. The quantitative estimate of drug-likeness (QED) is 0.513. The molecule has 0 aliphatic carbocycles. The first-order valence-corrected chi connectivity index (χ1v) is 9.18. The summed E-state index contributed by atoms with van der Waals surface area (Å²) in [5, 5.41) is 20.8. The van der Waals surface area contributed by atoms with Gasteiger partial charge in [-0.2, -0.15) is 10.4 Å². The molecule has 1 atom stereocenters. The van der Waals surface area contributed by atoms with Crippen LogP contribution in [-0.4, -0.2) is 49.2 Å². The number of nitrogens with one attached hydrogen (secondary N) is 3. The molecule has 10 heteroatoms. The maximum Gasteiger partial charge on any atom is 0.314 e. The number of nitriles is 1. The van der Waals surface area contributed by atoms with Crippen LogP contribution in [0.4, 0.5) is 10.6 Å². The average Bonchev–Trinajstić information content (AvgIpc) is 3.03. The molecular formula is C13H20N6O3S. The maximum atomic E-state index is 11.6. The maximum absolute atomic E-state index is 11.6. The lowest BCUT2D eigenvalue weighted by Crippen LogP contribution is -2.39. The smallest absolute Gasteiger partial charge is 0.314 e. The molecule has 2 rings (SSSR count). The number of amides is 2. The number of urea groups is 1. The molecule has 1 aromatic rings. The van der Waals surface area contributed by atoms with Gasteiger partial charge in [0, 0.05) is 13.1 Å². The zero-order valence-corrected chi connectivity index (χ0v) is 13.4. The van der Waals surface area contributed by atoms with Gasteiger partial charge >= 0.3 is 6.03 Å². The number of H-pyrrole nitrogens is 1. The summed E-state index contributed by atoms with van der Waals surface area (Å²) in [4.78, 5) is 11.6. The summed E-state index contributed by atoms with van der Waals surface area (Å²) in [6.07, 6.45) is 1.77. The van der Waals surface area contributed by atoms with Crippen molar-refractivity contribution < 1.29 is 13.2 Å². The number of hydrogen-bond acceptors (Lipinski definition) is 6. The third kappa shape index (κ3) is 4.85. The van der Waals surface area contributed by atoms with Crippen LogP contribution < -0.4 is 16.4 Å². The van der Waals surface area contributed by atoms with Crippen LogP contribution >= 0.6 is 0 Å². The number of sulfone groups is 1. The van der Waals surface area contributed by atoms with Crippen LogP contribution in [0.1, 0.15) is 24.1 Å². The minimum atomic E-state index is -2.92. The Morgan fingerprint density at radius 1 is 1.48 bits per heavy atom. The molecule has 23 heavy (non-hydrogen) atoms. The van der Waals surface area contributed by atoms with Gasteiger partial charge in [0.15, 0.2) is 15.7 Å². The van der Waals surface area contributed by atoms with Crippen molar-refractivity contribution in [2.75, 3.05) is 30.3 Å². The molecular weight excluding hydrogens is 320 g/mol. The molecule has 9 nitrogen and oxygen atoms in total. The summed E-state index contributed by atoms with van der Waals surface area (Å²) in [7, 11) is -2.92. The second-order valence-corrected chi connectivity index (χ2v) is 7.81. The first kappa shape index (κ1) is 17.1. The Balaban J connectivity index is 1.63. The predicted octanol–water partition coefficient (Wildman–Crippen LogP) is -0.470. The van der Waals surface area contributed by atoms with Gasteiger partial charge < -0.3 is 16.4 Å². The molecule has 2 amide bonds. The van der Waals surface area contributed by atoms with Crippen molar-refractivity contribution in [1.29, 1.82) is 5.26 Å². The van der Waals surface area contributed by atoms with Crippen molar-refractivity contribution in [3.63, 3.8) is 0 Å². The molecule has 5 N–H and O–H groups in total. The van der Waals surface area contributed by atoms with Gasteiger partial charge in [-0.1, -0.05) is 0 Å². The van der Waals surface area contributed by atoms with E-state index in [1.54, 1.807) is 0 Å². The van der Waals surface area contributed by atoms with Crippen LogP contribution in [-0.2, 0) is 16.3 Å². The lowest BCUT2D eigenvalue weighted by Gasteiger charge is -2.10. The van der Waals surface area contributed by atoms with Crippen molar-refractivity contribution in [3.05, 3.63) is 11.3 Å². The molecule has 1 aliphatic heterocycles. The van der Waals surface area contributed by atoms with Crippen LogP contribution in [0, 0.1) is 17.2 Å². The standard InChI is InChI=1S/C13H20N6O3S/c14-6-10-11(18-19-12(10)15)2-1-4-16-13(20)17-7-9-3-5-23(21,22)8-9/h9H,1-5,7-8H2,(H3,15,18,19)(H2,16,17,20)/t9-/m1/s1. The summed E-state index contributed by atoms with van der Waals surface area (Å²) in [5.74, 6) is 0.526. The fraction of sp³-hybridized carbons (Fsp3) is 0.615. The van der Waals surface area contributed by atoms with Crippen molar-refractivity contribution in [2.45, 2.75) is 19.3 Å². The van der Waals surface area contributed by atoms with E-state index >= 15 is 0 Å². The van der Waals surface area contributed by atoms with Crippen molar-refractivity contribution in [2.24, 2.45) is 5.92 Å². The molecule has 0 bridgehead atoms. The zero-order chi connectivity index (χ0) is 16.9. The Hall–Kier alpha value is -2.28. The number of carbonyl (C=O) groups excluding carboxylic acids is 1. The van der Waals surface area contributed by atoms with Gasteiger partial charge in [0.05, 0.1) is 17.2 Å². The molecule has 1 saturated heterocycles. The lowest BCUT2D eigenvalue weighted by molar-refractivity contribution is 0.239. The molecule has 1 aliphatic rings. The van der Waals surface area contributed by atoms with Crippen LogP contribution in [0.15, 0.2) is 0 Å². The number of anilines is 1. The zero-order valence-electron chi connectivity index (χ0n) is 12.6. The molecule has 0 saturated carbocycles. The number of aromatic amines is 1. The highest BCUT2D eigenvalue weighted by Gasteiger charge is 2.27. The summed E-state index contributed by atoms with van der Waals surface area (Å²) in [6.45, 7) is 0.791. The number of nitrogen functional groups attached to an aromatic ring is 1. The molecule has 2 heterocycles. The van der Waals surface area contributed by atoms with E-state index in [9.17, 15) is 13.2 Å². The first-order chi connectivity index (χ1) is 10.9. The minimum Gasteiger partial charge on any atom is -0.381 e. The number of hydrogen-bond donors (Lipinski definition) is 4. The Morgan fingerprint density at radius 3 is 2.91 bits per heavy atom. The number of nitrogens with two attached hydrogens (primary N) is 1. The van der Waals surface area contributed by atoms with Crippen LogP contribution in [0.5, 0.6) is 0 Å². The SMILES string of the molecule is N#Cc1c(N)n[nH]c1CCCNC(=O)NC[C@H]1CCS(=O)(=O)C1. The summed E-state index contributed by atoms with van der Waals surface area (Å²) < 4.78 is 22.6. The highest BCUT2D eigenvalue weighted by atomic mass is 32.2. The van der Waals surface area contributed by atoms with E-state index < -0.39 is 9.84 Å². The monoisotopic (exact) mass is 340 g/mol. The molecule has 0 radical (unpaired) electrons. The third-order valence-corrected chi connectivity index (χ3v) is 5.59. The number of carbonyl (C=O) groups is 1. The lowest BCUT2D eigenvalue weighted by atomic mass is 10.1. The number of nitrogens with zero attached hydrogens (tertiary/aromatic N) is 2. The van der Waals surface area contributed by atoms with Gasteiger partial charge in [0.25, 0.3) is 0 Å². The molecule has 1 aromatic heterocycles. The van der Waals surface area contributed by atoms with E-state index in [1.807, 2.05) is 6.07 Å². The number of rotatable bonds is 6. The van der Waals surface area contributed by atoms with E-state index in [0.717, 1.165) is 0 Å². The van der Waals surface area contributed by atoms with Gasteiger partial charge in [-0.25, -0.2) is 13.2 Å². The Kier molecular flexibility index (Phi) is 5.44. The van der Waals surface area contributed by atoms with Crippen molar-refractivity contribution in [1.82, 2.24) is 20.8 Å². The highest BCUT2D eigenvalue weighted by Crippen LogP contribution is 2.17. The van der Waals surface area contributed by atoms with Gasteiger partial charge in [-0.05, 0) is 25.2 Å². The normalized spacial score (nSPS) is 19.2. The molecule has 126 valence electrons. The topological polar surface area (TPSA) is 154 Å². The molecule has 0 aromatic carbocycles. The average molecular weight is 340 g/mol. The Labute approximate surface area is 134 Å². The van der Waals surface area contributed by atoms with Crippen LogP contribution in [0.25, 0.3) is 0 Å². The number of aromatic nitrogens is 2. The minimum absolute atomic E-state index is 0.00287. The molecule has 0 unspecified atom stereocenters. The third-order valence-electron chi connectivity index (χ3n) is 3.75. The summed E-state index contributed by atoms with van der Waals surface area (Å²) >= 11 is 0. The second-order valence-electron chi connectivity index (χ2n) is 5.58. The van der Waals surface area contributed by atoms with E-state index in [1.165, 1.54) is 0 Å². The summed E-state index contributed by atoms with van der Waals surface area (Å²) in [5.41, 5.74) is 6.54. The van der Waals surface area contributed by atoms with Crippen molar-refractivity contribution in [3.8, 4) is 6.07 Å². The van der Waals surface area contributed by atoms with Gasteiger partial charge in [-0.15, -0.1) is 0 Å². The fourth-order valence-electron chi connectivity index (χ4n) is 2.50. The predicted molar refractivity (Wildman–Crippen MR) is 84.2 cm³/mol. The first-order valence-electron chi connectivity index (χ1n) is 7.36. The van der Waals surface area contributed by atoms with E-state index in [4.69, 9.17) is 11.0 Å². The van der Waals surface area contributed by atoms with Gasteiger partial charge in [0.2, 0.25) is 0 Å². The van der Waals surface area contributed by atoms with Crippen molar-refractivity contribution >= 4 is 21.7 Å². The fourth-order valence-corrected chi connectivity index (χ4v) is 4.36. The second kappa shape index (κ2) is 7.32. The molecule has 0 spiro atoms. The van der Waals surface area contributed by atoms with Crippen LogP contribution in [0.2, 0.25) is 0 Å². The highest BCUT2D eigenvalue weighted by molar-refractivity contribution is 7.91. The van der Waals surface area contributed by atoms with E-state index in [0.29, 0.717) is 43.6 Å². The summed E-state index contributed by atoms with van der Waals surface area (Å²) in [6, 6.07) is 1.66. The van der Waals surface area contributed by atoms with E-state index in [2.05, 4.69) is 20.8 Å². The van der Waals surface area contributed by atoms with Gasteiger partial charge in [-0.3, -0.25) is 5.10 Å². The number of aryl methyl sites for hydroxylation is 1.